The highest BCUT2D eigenvalue weighted by Crippen LogP contribution is 2.19. The number of aromatic nitrogens is 3. The molecule has 6 nitrogen and oxygen atoms in total. The smallest absolute Gasteiger partial charge is 0.276 e. The van der Waals surface area contributed by atoms with Crippen molar-refractivity contribution in [3.05, 3.63) is 11.9 Å². The highest BCUT2D eigenvalue weighted by Gasteiger charge is 2.29. The molecule has 18 heavy (non-hydrogen) atoms. The lowest BCUT2D eigenvalue weighted by Crippen LogP contribution is -2.44. The lowest BCUT2D eigenvalue weighted by molar-refractivity contribution is 0.0614. The summed E-state index contributed by atoms with van der Waals surface area (Å²) in [5, 5.41) is 11.2. The molecule has 0 spiro atoms. The Labute approximate surface area is 107 Å². The van der Waals surface area contributed by atoms with E-state index in [1.165, 1.54) is 0 Å². The third kappa shape index (κ3) is 2.25. The Kier molecular flexibility index (Phi) is 3.38. The Hall–Kier alpha value is -1.43. The van der Waals surface area contributed by atoms with Gasteiger partial charge in [0.1, 0.15) is 0 Å². The number of hydrogen-bond acceptors (Lipinski definition) is 4. The predicted molar refractivity (Wildman–Crippen MR) is 68.4 cm³/mol. The van der Waals surface area contributed by atoms with Gasteiger partial charge in [0.05, 0.1) is 12.2 Å². The molecular weight excluding hydrogens is 230 g/mol. The summed E-state index contributed by atoms with van der Waals surface area (Å²) in [7, 11) is 1.82. The van der Waals surface area contributed by atoms with E-state index in [9.17, 15) is 4.79 Å². The third-order valence-electron chi connectivity index (χ3n) is 3.94. The molecule has 1 aromatic rings. The molecule has 0 saturated carbocycles. The predicted octanol–water partition coefficient (Wildman–Crippen LogP) is 0.683. The first-order valence-corrected chi connectivity index (χ1v) is 6.36. The van der Waals surface area contributed by atoms with Crippen molar-refractivity contribution in [3.8, 4) is 0 Å². The summed E-state index contributed by atoms with van der Waals surface area (Å²) >= 11 is 0. The van der Waals surface area contributed by atoms with Crippen molar-refractivity contribution < 1.29 is 4.79 Å². The summed E-state index contributed by atoms with van der Waals surface area (Å²) in [6.45, 7) is 7.96. The van der Waals surface area contributed by atoms with Gasteiger partial charge in [-0.1, -0.05) is 12.1 Å². The third-order valence-corrected chi connectivity index (χ3v) is 3.94. The van der Waals surface area contributed by atoms with E-state index in [0.29, 0.717) is 11.7 Å². The Morgan fingerprint density at radius 2 is 2.28 bits per heavy atom. The molecule has 0 atom stereocenters. The first kappa shape index (κ1) is 13.0. The van der Waals surface area contributed by atoms with Crippen LogP contribution in [0.1, 0.15) is 43.7 Å². The van der Waals surface area contributed by atoms with Gasteiger partial charge in [0.25, 0.3) is 5.91 Å². The molecule has 0 aliphatic carbocycles. The monoisotopic (exact) mass is 251 g/mol. The molecule has 2 heterocycles. The second-order valence-electron chi connectivity index (χ2n) is 5.43. The minimum atomic E-state index is -0.168. The molecule has 6 heteroatoms. The number of nitrogens with one attached hydrogen (secondary N) is 1. The molecule has 1 fully saturated rings. The van der Waals surface area contributed by atoms with Crippen LogP contribution in [0, 0.1) is 0 Å². The molecule has 100 valence electrons. The van der Waals surface area contributed by atoms with Crippen LogP contribution in [-0.4, -0.2) is 51.5 Å². The van der Waals surface area contributed by atoms with Gasteiger partial charge in [-0.05, 0) is 20.3 Å². The van der Waals surface area contributed by atoms with E-state index in [0.717, 1.165) is 19.5 Å². The number of amides is 1. The summed E-state index contributed by atoms with van der Waals surface area (Å²) < 4.78 is 1.77. The van der Waals surface area contributed by atoms with Gasteiger partial charge in [0.2, 0.25) is 0 Å². The summed E-state index contributed by atoms with van der Waals surface area (Å²) in [4.78, 5) is 14.0. The summed E-state index contributed by atoms with van der Waals surface area (Å²) in [5.74, 6) is -0.0691. The first-order valence-electron chi connectivity index (χ1n) is 6.36. The number of hydrogen-bond donors (Lipinski definition) is 1. The molecule has 2 rings (SSSR count). The first-order chi connectivity index (χ1) is 8.45. The fraction of sp³-hybridized carbons (Fsp3) is 0.750. The van der Waals surface area contributed by atoms with Crippen LogP contribution in [-0.2, 0) is 0 Å². The molecule has 0 aromatic carbocycles. The average Bonchev–Trinajstić information content (AvgIpc) is 2.74. The second-order valence-corrected chi connectivity index (χ2v) is 5.43. The number of nitrogens with zero attached hydrogens (tertiary/aromatic N) is 4. The summed E-state index contributed by atoms with van der Waals surface area (Å²) in [5.41, 5.74) is 0.254. The minimum Gasteiger partial charge on any atom is -0.335 e. The summed E-state index contributed by atoms with van der Waals surface area (Å²) in [6.07, 6.45) is 2.64. The Balaban J connectivity index is 2.11. The van der Waals surface area contributed by atoms with Gasteiger partial charge in [0.15, 0.2) is 5.69 Å². The van der Waals surface area contributed by atoms with E-state index in [2.05, 4.69) is 22.6 Å². The van der Waals surface area contributed by atoms with Gasteiger partial charge in [0, 0.05) is 25.7 Å². The molecule has 1 saturated heterocycles. The van der Waals surface area contributed by atoms with Gasteiger partial charge >= 0.3 is 0 Å². The van der Waals surface area contributed by atoms with E-state index in [1.54, 1.807) is 15.8 Å². The van der Waals surface area contributed by atoms with Crippen molar-refractivity contribution in [2.24, 2.45) is 0 Å². The van der Waals surface area contributed by atoms with Crippen LogP contribution in [0.2, 0.25) is 0 Å². The minimum absolute atomic E-state index is 0.0691. The molecule has 1 aromatic heterocycles. The van der Waals surface area contributed by atoms with Gasteiger partial charge in [-0.25, -0.2) is 4.68 Å². The Bertz CT molecular complexity index is 435. The molecule has 0 radical (unpaired) electrons. The highest BCUT2D eigenvalue weighted by atomic mass is 16.2. The van der Waals surface area contributed by atoms with Gasteiger partial charge in [-0.3, -0.25) is 4.79 Å². The van der Waals surface area contributed by atoms with E-state index in [-0.39, 0.29) is 11.4 Å². The van der Waals surface area contributed by atoms with E-state index in [1.807, 2.05) is 20.9 Å². The lowest BCUT2D eigenvalue weighted by Gasteiger charge is -2.34. The summed E-state index contributed by atoms with van der Waals surface area (Å²) in [6, 6.07) is 0.337. The van der Waals surface area contributed by atoms with Crippen LogP contribution in [0.4, 0.5) is 0 Å². The zero-order valence-electron chi connectivity index (χ0n) is 11.5. The number of rotatable bonds is 4. The maximum atomic E-state index is 12.3. The normalized spacial score (nSPS) is 16.4. The van der Waals surface area contributed by atoms with Crippen LogP contribution in [0.15, 0.2) is 6.20 Å². The van der Waals surface area contributed by atoms with Crippen molar-refractivity contribution in [1.29, 1.82) is 0 Å². The fourth-order valence-corrected chi connectivity index (χ4v) is 1.70. The van der Waals surface area contributed by atoms with E-state index < -0.39 is 0 Å². The second kappa shape index (κ2) is 4.68. The largest absolute Gasteiger partial charge is 0.335 e. The van der Waals surface area contributed by atoms with Crippen molar-refractivity contribution >= 4 is 5.91 Å². The fourth-order valence-electron chi connectivity index (χ4n) is 1.70. The maximum absolute atomic E-state index is 12.3. The molecule has 0 bridgehead atoms. The van der Waals surface area contributed by atoms with Gasteiger partial charge in [-0.2, -0.15) is 0 Å². The zero-order valence-corrected chi connectivity index (χ0v) is 11.5. The highest BCUT2D eigenvalue weighted by molar-refractivity contribution is 5.92. The molecular formula is C12H21N5O. The van der Waals surface area contributed by atoms with Gasteiger partial charge < -0.3 is 10.2 Å². The van der Waals surface area contributed by atoms with Crippen LogP contribution in [0.5, 0.6) is 0 Å². The van der Waals surface area contributed by atoms with Crippen LogP contribution >= 0.6 is 0 Å². The standard InChI is InChI=1S/C12H21N5O/c1-5-12(2,3)16(4)11(18)10-8-17(15-14-10)9-6-13-7-9/h8-9,13H,5-7H2,1-4H3. The van der Waals surface area contributed by atoms with Crippen molar-refractivity contribution in [3.63, 3.8) is 0 Å². The molecule has 1 aliphatic heterocycles. The van der Waals surface area contributed by atoms with Gasteiger partial charge in [-0.15, -0.1) is 5.10 Å². The molecule has 1 aliphatic rings. The molecule has 0 unspecified atom stereocenters. The quantitative estimate of drug-likeness (QED) is 0.855. The van der Waals surface area contributed by atoms with Crippen molar-refractivity contribution in [2.45, 2.75) is 38.8 Å². The van der Waals surface area contributed by atoms with Crippen molar-refractivity contribution in [1.82, 2.24) is 25.2 Å². The van der Waals surface area contributed by atoms with E-state index >= 15 is 0 Å². The Morgan fingerprint density at radius 3 is 2.78 bits per heavy atom. The topological polar surface area (TPSA) is 63.1 Å². The average molecular weight is 251 g/mol. The van der Waals surface area contributed by atoms with Crippen LogP contribution in [0.25, 0.3) is 0 Å². The number of carbonyl (C=O) groups is 1. The van der Waals surface area contributed by atoms with E-state index in [4.69, 9.17) is 0 Å². The number of carbonyl (C=O) groups excluding carboxylic acids is 1. The van der Waals surface area contributed by atoms with Crippen LogP contribution < -0.4 is 5.32 Å². The maximum Gasteiger partial charge on any atom is 0.276 e. The van der Waals surface area contributed by atoms with Crippen LogP contribution in [0.3, 0.4) is 0 Å². The SMILES string of the molecule is CCC(C)(C)N(C)C(=O)c1cn(C2CNC2)nn1. The Morgan fingerprint density at radius 1 is 1.61 bits per heavy atom. The lowest BCUT2D eigenvalue weighted by atomic mass is 10.00. The zero-order chi connectivity index (χ0) is 13.3. The van der Waals surface area contributed by atoms with Crippen molar-refractivity contribution in [2.75, 3.05) is 20.1 Å². The molecule has 1 amide bonds. The molecule has 1 N–H and O–H groups in total.